The Kier molecular flexibility index (Phi) is 5.04. The number of aromatic nitrogens is 4. The van der Waals surface area contributed by atoms with Crippen molar-refractivity contribution in [2.24, 2.45) is 0 Å². The number of hydrogen-bond donors (Lipinski definition) is 2. The van der Waals surface area contributed by atoms with Crippen LogP contribution in [-0.4, -0.2) is 31.9 Å². The molecule has 4 aromatic rings. The Bertz CT molecular complexity index is 1110. The Hall–Kier alpha value is -3.25. The zero-order valence-corrected chi connectivity index (χ0v) is 16.1. The smallest absolute Gasteiger partial charge is 0.251 e. The summed E-state index contributed by atoms with van der Waals surface area (Å²) in [4.78, 5) is 29.3. The molecule has 0 aliphatic carbocycles. The second-order valence-corrected chi connectivity index (χ2v) is 7.01. The molecular formula is C22H23N5O. The highest BCUT2D eigenvalue weighted by atomic mass is 16.1. The van der Waals surface area contributed by atoms with Crippen LogP contribution >= 0.6 is 0 Å². The molecule has 2 heterocycles. The van der Waals surface area contributed by atoms with Crippen molar-refractivity contribution in [3.05, 3.63) is 82.0 Å². The maximum absolute atomic E-state index is 11.8. The van der Waals surface area contributed by atoms with Gasteiger partial charge in [-0.1, -0.05) is 43.3 Å². The van der Waals surface area contributed by atoms with E-state index in [9.17, 15) is 4.79 Å². The Labute approximate surface area is 163 Å². The Morgan fingerprint density at radius 1 is 0.964 bits per heavy atom. The number of benzene rings is 2. The van der Waals surface area contributed by atoms with Gasteiger partial charge in [-0.3, -0.25) is 9.69 Å². The molecule has 4 rings (SSSR count). The first-order valence-electron chi connectivity index (χ1n) is 9.42. The minimum Gasteiger partial charge on any atom is -0.341 e. The summed E-state index contributed by atoms with van der Waals surface area (Å²) >= 11 is 0. The summed E-state index contributed by atoms with van der Waals surface area (Å²) in [6, 6.07) is 17.8. The molecule has 0 atom stereocenters. The number of imidazole rings is 1. The fourth-order valence-electron chi connectivity index (χ4n) is 3.30. The molecule has 0 spiro atoms. The van der Waals surface area contributed by atoms with E-state index in [-0.39, 0.29) is 5.56 Å². The second kappa shape index (κ2) is 7.78. The van der Waals surface area contributed by atoms with E-state index in [1.54, 1.807) is 6.07 Å². The van der Waals surface area contributed by atoms with Crippen molar-refractivity contribution in [1.82, 2.24) is 24.8 Å². The van der Waals surface area contributed by atoms with Crippen LogP contribution < -0.4 is 5.56 Å². The summed E-state index contributed by atoms with van der Waals surface area (Å²) < 4.78 is 0. The summed E-state index contributed by atoms with van der Waals surface area (Å²) in [6.45, 7) is 3.53. The lowest BCUT2D eigenvalue weighted by Crippen LogP contribution is -2.18. The lowest BCUT2D eigenvalue weighted by atomic mass is 10.1. The van der Waals surface area contributed by atoms with Crippen molar-refractivity contribution >= 4 is 11.0 Å². The second-order valence-electron chi connectivity index (χ2n) is 7.01. The maximum Gasteiger partial charge on any atom is 0.251 e. The first-order valence-corrected chi connectivity index (χ1v) is 9.42. The van der Waals surface area contributed by atoms with Crippen molar-refractivity contribution in [3.8, 4) is 11.4 Å². The van der Waals surface area contributed by atoms with Gasteiger partial charge in [0.05, 0.1) is 17.6 Å². The number of hydrogen-bond acceptors (Lipinski definition) is 4. The van der Waals surface area contributed by atoms with Crippen molar-refractivity contribution in [3.63, 3.8) is 0 Å². The topological polar surface area (TPSA) is 77.7 Å². The van der Waals surface area contributed by atoms with E-state index in [4.69, 9.17) is 0 Å². The predicted octanol–water partition coefficient (Wildman–Crippen LogP) is 3.51. The minimum absolute atomic E-state index is 0.114. The zero-order valence-electron chi connectivity index (χ0n) is 16.1. The quantitative estimate of drug-likeness (QED) is 0.542. The highest BCUT2D eigenvalue weighted by molar-refractivity contribution is 5.74. The van der Waals surface area contributed by atoms with Gasteiger partial charge in [-0.05, 0) is 31.2 Å². The number of nitrogens with zero attached hydrogens (tertiary/aromatic N) is 3. The van der Waals surface area contributed by atoms with Gasteiger partial charge in [0.2, 0.25) is 0 Å². The van der Waals surface area contributed by atoms with Crippen LogP contribution in [0.2, 0.25) is 0 Å². The number of H-pyrrole nitrogens is 2. The lowest BCUT2D eigenvalue weighted by molar-refractivity contribution is 0.312. The molecule has 0 aliphatic rings. The van der Waals surface area contributed by atoms with Crippen molar-refractivity contribution < 1.29 is 0 Å². The van der Waals surface area contributed by atoms with Crippen LogP contribution in [0.4, 0.5) is 0 Å². The third-order valence-corrected chi connectivity index (χ3v) is 4.69. The summed E-state index contributed by atoms with van der Waals surface area (Å²) in [5.41, 5.74) is 4.84. The van der Waals surface area contributed by atoms with Crippen molar-refractivity contribution in [2.45, 2.75) is 26.4 Å². The fourth-order valence-corrected chi connectivity index (χ4v) is 3.30. The highest BCUT2D eigenvalue weighted by Gasteiger charge is 2.08. The number of fused-ring (bicyclic) bond motifs is 1. The van der Waals surface area contributed by atoms with Crippen LogP contribution in [0.5, 0.6) is 0 Å². The molecule has 0 saturated carbocycles. The Balaban J connectivity index is 1.45. The average molecular weight is 373 g/mol. The number of aromatic amines is 2. The molecule has 28 heavy (non-hydrogen) atoms. The van der Waals surface area contributed by atoms with Crippen LogP contribution in [-0.2, 0) is 19.5 Å². The molecule has 0 amide bonds. The molecule has 142 valence electrons. The molecule has 0 aliphatic heterocycles. The van der Waals surface area contributed by atoms with Crippen molar-refractivity contribution in [2.75, 3.05) is 7.05 Å². The van der Waals surface area contributed by atoms with Gasteiger partial charge in [0.25, 0.3) is 5.56 Å². The molecule has 2 aromatic heterocycles. The molecule has 6 nitrogen and oxygen atoms in total. The Morgan fingerprint density at radius 3 is 2.50 bits per heavy atom. The van der Waals surface area contributed by atoms with Crippen LogP contribution in [0.25, 0.3) is 22.4 Å². The van der Waals surface area contributed by atoms with E-state index in [0.717, 1.165) is 47.6 Å². The number of para-hydroxylation sites is 2. The van der Waals surface area contributed by atoms with Gasteiger partial charge >= 0.3 is 0 Å². The Morgan fingerprint density at radius 2 is 1.75 bits per heavy atom. The molecular weight excluding hydrogens is 350 g/mol. The molecule has 6 heteroatoms. The number of aryl methyl sites for hydroxylation is 1. The monoisotopic (exact) mass is 373 g/mol. The van der Waals surface area contributed by atoms with Crippen molar-refractivity contribution in [1.29, 1.82) is 0 Å². The predicted molar refractivity (Wildman–Crippen MR) is 111 cm³/mol. The average Bonchev–Trinajstić information content (AvgIpc) is 3.10. The van der Waals surface area contributed by atoms with Gasteiger partial charge in [0, 0.05) is 23.9 Å². The van der Waals surface area contributed by atoms with Crippen LogP contribution in [0.1, 0.15) is 24.0 Å². The first-order chi connectivity index (χ1) is 13.6. The standard InChI is InChI=1S/C22H23N5O/c1-3-17-12-21(28)26-22(23-17)16-10-8-15(9-11-16)13-27(2)14-20-24-18-6-4-5-7-19(18)25-20/h4-12H,3,13-14H2,1-2H3,(H,24,25)(H,23,26,28). The van der Waals surface area contributed by atoms with Gasteiger partial charge in [0.1, 0.15) is 11.6 Å². The van der Waals surface area contributed by atoms with E-state index >= 15 is 0 Å². The first kappa shape index (κ1) is 18.1. The summed E-state index contributed by atoms with van der Waals surface area (Å²) in [5.74, 6) is 1.57. The third-order valence-electron chi connectivity index (χ3n) is 4.69. The summed E-state index contributed by atoms with van der Waals surface area (Å²) in [7, 11) is 2.07. The van der Waals surface area contributed by atoms with E-state index in [2.05, 4.69) is 44.0 Å². The van der Waals surface area contributed by atoms with Gasteiger partial charge in [-0.25, -0.2) is 9.97 Å². The van der Waals surface area contributed by atoms with E-state index in [1.807, 2.05) is 43.3 Å². The molecule has 0 bridgehead atoms. The molecule has 2 aromatic carbocycles. The fraction of sp³-hybridized carbons (Fsp3) is 0.227. The van der Waals surface area contributed by atoms with Crippen LogP contribution in [0, 0.1) is 0 Å². The summed E-state index contributed by atoms with van der Waals surface area (Å²) in [5, 5.41) is 0. The van der Waals surface area contributed by atoms with Gasteiger partial charge in [0.15, 0.2) is 0 Å². The summed E-state index contributed by atoms with van der Waals surface area (Å²) in [6.07, 6.45) is 0.738. The molecule has 0 radical (unpaired) electrons. The van der Waals surface area contributed by atoms with E-state index in [1.165, 1.54) is 5.56 Å². The van der Waals surface area contributed by atoms with E-state index in [0.29, 0.717) is 5.82 Å². The highest BCUT2D eigenvalue weighted by Crippen LogP contribution is 2.17. The van der Waals surface area contributed by atoms with E-state index < -0.39 is 0 Å². The molecule has 2 N–H and O–H groups in total. The largest absolute Gasteiger partial charge is 0.341 e. The lowest BCUT2D eigenvalue weighted by Gasteiger charge is -2.15. The van der Waals surface area contributed by atoms with Gasteiger partial charge in [-0.15, -0.1) is 0 Å². The molecule has 0 unspecified atom stereocenters. The third kappa shape index (κ3) is 4.02. The van der Waals surface area contributed by atoms with Crippen LogP contribution in [0.15, 0.2) is 59.4 Å². The van der Waals surface area contributed by atoms with Gasteiger partial charge in [-0.2, -0.15) is 0 Å². The molecule has 0 fully saturated rings. The molecule has 0 saturated heterocycles. The zero-order chi connectivity index (χ0) is 19.5. The van der Waals surface area contributed by atoms with Crippen LogP contribution in [0.3, 0.4) is 0 Å². The van der Waals surface area contributed by atoms with Gasteiger partial charge < -0.3 is 9.97 Å². The maximum atomic E-state index is 11.8. The minimum atomic E-state index is -0.114. The SMILES string of the molecule is CCc1cc(=O)[nH]c(-c2ccc(CN(C)Cc3nc4ccccc4[nH]3)cc2)n1. The number of rotatable bonds is 6. The number of nitrogens with one attached hydrogen (secondary N) is 2. The normalized spacial score (nSPS) is 11.4.